The van der Waals surface area contributed by atoms with E-state index in [1.165, 1.54) is 41.7 Å². The molecule has 0 saturated heterocycles. The highest BCUT2D eigenvalue weighted by molar-refractivity contribution is 7.13. The van der Waals surface area contributed by atoms with E-state index < -0.39 is 17.5 Å². The van der Waals surface area contributed by atoms with Gasteiger partial charge < -0.3 is 9.47 Å². The van der Waals surface area contributed by atoms with Gasteiger partial charge in [0.15, 0.2) is 12.4 Å². The van der Waals surface area contributed by atoms with Gasteiger partial charge in [-0.2, -0.15) is 0 Å². The van der Waals surface area contributed by atoms with Crippen molar-refractivity contribution < 1.29 is 23.6 Å². The lowest BCUT2D eigenvalue weighted by Gasteiger charge is -2.06. The van der Waals surface area contributed by atoms with Crippen LogP contribution in [0.1, 0.15) is 5.69 Å². The Morgan fingerprint density at radius 1 is 1.19 bits per heavy atom. The maximum Gasteiger partial charge on any atom is 0.344 e. The third-order valence-corrected chi connectivity index (χ3v) is 4.37. The molecule has 27 heavy (non-hydrogen) atoms. The van der Waals surface area contributed by atoms with Gasteiger partial charge in [0.05, 0.1) is 10.6 Å². The fourth-order valence-electron chi connectivity index (χ4n) is 2.16. The summed E-state index contributed by atoms with van der Waals surface area (Å²) in [4.78, 5) is 26.4. The van der Waals surface area contributed by atoms with Crippen LogP contribution >= 0.6 is 11.3 Å². The number of ether oxygens (including phenoxy) is 2. The predicted octanol–water partition coefficient (Wildman–Crippen LogP) is 3.98. The molecule has 7 nitrogen and oxygen atoms in total. The highest BCUT2D eigenvalue weighted by Gasteiger charge is 2.15. The summed E-state index contributed by atoms with van der Waals surface area (Å²) in [7, 11) is 0. The number of hydrogen-bond acceptors (Lipinski definition) is 7. The first-order valence-corrected chi connectivity index (χ1v) is 8.63. The van der Waals surface area contributed by atoms with Crippen LogP contribution in [0.4, 0.5) is 10.1 Å². The number of aromatic nitrogens is 1. The molecule has 0 amide bonds. The van der Waals surface area contributed by atoms with E-state index in [1.54, 1.807) is 23.6 Å². The van der Waals surface area contributed by atoms with Crippen molar-refractivity contribution in [2.75, 3.05) is 6.61 Å². The maximum absolute atomic E-state index is 13.0. The van der Waals surface area contributed by atoms with Crippen molar-refractivity contribution in [1.29, 1.82) is 0 Å². The van der Waals surface area contributed by atoms with E-state index in [2.05, 4.69) is 4.98 Å². The topological polar surface area (TPSA) is 91.6 Å². The van der Waals surface area contributed by atoms with Crippen molar-refractivity contribution in [2.45, 2.75) is 6.61 Å². The Morgan fingerprint density at radius 3 is 2.67 bits per heavy atom. The van der Waals surface area contributed by atoms with Crippen LogP contribution in [0, 0.1) is 15.9 Å². The number of thiazole rings is 1. The molecule has 1 heterocycles. The van der Waals surface area contributed by atoms with Gasteiger partial charge in [0.25, 0.3) is 0 Å². The molecule has 0 aliphatic rings. The van der Waals surface area contributed by atoms with Gasteiger partial charge in [0.1, 0.15) is 17.4 Å². The molecule has 0 unspecified atom stereocenters. The second-order valence-corrected chi connectivity index (χ2v) is 6.18. The number of nitro benzene ring substituents is 1. The van der Waals surface area contributed by atoms with Gasteiger partial charge in [-0.25, -0.2) is 14.2 Å². The Bertz CT molecular complexity index is 958. The number of hydrogen-bond donors (Lipinski definition) is 0. The number of nitro groups is 1. The van der Waals surface area contributed by atoms with Gasteiger partial charge in [-0.15, -0.1) is 11.3 Å². The first kappa shape index (κ1) is 18.5. The fourth-order valence-corrected chi connectivity index (χ4v) is 2.97. The Balaban J connectivity index is 1.53. The number of para-hydroxylation sites is 2. The van der Waals surface area contributed by atoms with Gasteiger partial charge in [-0.1, -0.05) is 12.1 Å². The second-order valence-electron chi connectivity index (χ2n) is 5.33. The Kier molecular flexibility index (Phi) is 5.72. The average Bonchev–Trinajstić information content (AvgIpc) is 3.14. The van der Waals surface area contributed by atoms with Gasteiger partial charge in [0, 0.05) is 17.0 Å². The number of benzene rings is 2. The molecule has 0 fully saturated rings. The minimum Gasteiger partial charge on any atom is -0.475 e. The summed E-state index contributed by atoms with van der Waals surface area (Å²) in [6.07, 6.45) is 0. The molecule has 3 rings (SSSR count). The van der Waals surface area contributed by atoms with Gasteiger partial charge in [0.2, 0.25) is 0 Å². The highest BCUT2D eigenvalue weighted by atomic mass is 32.1. The third kappa shape index (κ3) is 4.85. The molecule has 0 aliphatic heterocycles. The summed E-state index contributed by atoms with van der Waals surface area (Å²) in [5.74, 6) is -1.01. The van der Waals surface area contributed by atoms with E-state index in [0.29, 0.717) is 10.7 Å². The molecular formula is C18H13FN2O5S. The predicted molar refractivity (Wildman–Crippen MR) is 95.9 cm³/mol. The molecular weight excluding hydrogens is 375 g/mol. The molecule has 1 aromatic heterocycles. The standard InChI is InChI=1S/C18H13FN2O5S/c19-13-7-5-12(6-8-13)18-20-14(11-27-18)9-26-17(22)10-25-16-4-2-1-3-15(16)21(23)24/h1-8,11H,9-10H2. The first-order chi connectivity index (χ1) is 13.0. The van der Waals surface area contributed by atoms with E-state index in [-0.39, 0.29) is 23.9 Å². The molecule has 0 aliphatic carbocycles. The quantitative estimate of drug-likeness (QED) is 0.345. The normalized spacial score (nSPS) is 10.4. The largest absolute Gasteiger partial charge is 0.475 e. The number of halogens is 1. The summed E-state index contributed by atoms with van der Waals surface area (Å²) < 4.78 is 23.2. The summed E-state index contributed by atoms with van der Waals surface area (Å²) in [5, 5.41) is 13.3. The van der Waals surface area contributed by atoms with Crippen LogP contribution in [0.2, 0.25) is 0 Å². The van der Waals surface area contributed by atoms with Crippen molar-refractivity contribution in [2.24, 2.45) is 0 Å². The summed E-state index contributed by atoms with van der Waals surface area (Å²) in [6, 6.07) is 11.7. The number of carbonyl (C=O) groups excluding carboxylic acids is 1. The van der Waals surface area contributed by atoms with E-state index in [0.717, 1.165) is 5.56 Å². The van der Waals surface area contributed by atoms with Gasteiger partial charge in [-0.05, 0) is 30.3 Å². The lowest BCUT2D eigenvalue weighted by molar-refractivity contribution is -0.385. The molecule has 0 atom stereocenters. The minimum absolute atomic E-state index is 0.00768. The zero-order valence-corrected chi connectivity index (χ0v) is 14.6. The molecule has 0 bridgehead atoms. The SMILES string of the molecule is O=C(COc1ccccc1[N+](=O)[O-])OCc1csc(-c2ccc(F)cc2)n1. The second kappa shape index (κ2) is 8.37. The van der Waals surface area contributed by atoms with Crippen molar-refractivity contribution in [3.63, 3.8) is 0 Å². The minimum atomic E-state index is -0.676. The number of carbonyl (C=O) groups is 1. The molecule has 0 saturated carbocycles. The zero-order chi connectivity index (χ0) is 19.2. The summed E-state index contributed by atoms with van der Waals surface area (Å²) >= 11 is 1.34. The van der Waals surface area contributed by atoms with Crippen LogP contribution in [0.5, 0.6) is 5.75 Å². The molecule has 0 radical (unpaired) electrons. The number of esters is 1. The van der Waals surface area contributed by atoms with Gasteiger partial charge >= 0.3 is 11.7 Å². The van der Waals surface area contributed by atoms with Crippen LogP contribution in [0.25, 0.3) is 10.6 Å². The van der Waals surface area contributed by atoms with E-state index >= 15 is 0 Å². The molecule has 138 valence electrons. The van der Waals surface area contributed by atoms with Crippen molar-refractivity contribution in [3.05, 3.63) is 75.5 Å². The first-order valence-electron chi connectivity index (χ1n) is 7.75. The number of nitrogens with zero attached hydrogens (tertiary/aromatic N) is 2. The zero-order valence-electron chi connectivity index (χ0n) is 13.8. The average molecular weight is 388 g/mol. The van der Waals surface area contributed by atoms with E-state index in [4.69, 9.17) is 9.47 Å². The van der Waals surface area contributed by atoms with Crippen molar-refractivity contribution in [1.82, 2.24) is 4.98 Å². The molecule has 0 N–H and O–H groups in total. The van der Waals surface area contributed by atoms with Crippen molar-refractivity contribution in [3.8, 4) is 16.3 Å². The van der Waals surface area contributed by atoms with Gasteiger partial charge in [-0.3, -0.25) is 10.1 Å². The maximum atomic E-state index is 13.0. The molecule has 3 aromatic rings. The smallest absolute Gasteiger partial charge is 0.344 e. The van der Waals surface area contributed by atoms with Crippen LogP contribution in [-0.4, -0.2) is 22.5 Å². The lowest BCUT2D eigenvalue weighted by Crippen LogP contribution is -2.15. The molecule has 9 heteroatoms. The van der Waals surface area contributed by atoms with Crippen molar-refractivity contribution >= 4 is 23.0 Å². The highest BCUT2D eigenvalue weighted by Crippen LogP contribution is 2.26. The molecule has 0 spiro atoms. The van der Waals surface area contributed by atoms with Crippen LogP contribution in [-0.2, 0) is 16.1 Å². The summed E-state index contributed by atoms with van der Waals surface area (Å²) in [5.41, 5.74) is 1.07. The van der Waals surface area contributed by atoms with Crippen LogP contribution < -0.4 is 4.74 Å². The fraction of sp³-hybridized carbons (Fsp3) is 0.111. The Labute approximate surface area is 157 Å². The van der Waals surface area contributed by atoms with E-state index in [1.807, 2.05) is 0 Å². The monoisotopic (exact) mass is 388 g/mol. The third-order valence-electron chi connectivity index (χ3n) is 3.43. The van der Waals surface area contributed by atoms with Crippen LogP contribution in [0.15, 0.2) is 53.9 Å². The molecule has 2 aromatic carbocycles. The van der Waals surface area contributed by atoms with E-state index in [9.17, 15) is 19.3 Å². The number of rotatable bonds is 7. The van der Waals surface area contributed by atoms with Crippen LogP contribution in [0.3, 0.4) is 0 Å². The Hall–Kier alpha value is -3.33. The summed E-state index contributed by atoms with van der Waals surface area (Å²) in [6.45, 7) is -0.517. The Morgan fingerprint density at radius 2 is 1.93 bits per heavy atom. The lowest BCUT2D eigenvalue weighted by atomic mass is 10.2.